The number of hydrogen-bond donors (Lipinski definition) is 3. The van der Waals surface area contributed by atoms with E-state index in [1.54, 1.807) is 0 Å². The van der Waals surface area contributed by atoms with Gasteiger partial charge in [-0.15, -0.1) is 0 Å². The molecule has 0 spiro atoms. The Morgan fingerprint density at radius 3 is 2.00 bits per heavy atom. The minimum Gasteiger partial charge on any atom is -0.481 e. The fourth-order valence-electron chi connectivity index (χ4n) is 0.432. The molecule has 0 aliphatic carbocycles. The van der Waals surface area contributed by atoms with Gasteiger partial charge in [-0.25, -0.2) is 4.79 Å². The molecule has 3 N–H and O–H groups in total. The molecule has 0 radical (unpaired) electrons. The Morgan fingerprint density at radius 1 is 1.43 bits per heavy atom. The van der Waals surface area contributed by atoms with Crippen LogP contribution in [0, 0.1) is 0 Å². The summed E-state index contributed by atoms with van der Waals surface area (Å²) in [4.78, 5) is 19.7. The van der Waals surface area contributed by atoms with Crippen molar-refractivity contribution in [3.63, 3.8) is 0 Å². The summed E-state index contributed by atoms with van der Waals surface area (Å²) < 4.78 is 4.61. The molecule has 1 fully saturated rings. The molecule has 1 rings (SSSR count). The molecule has 80 valence electrons. The maximum atomic E-state index is 9.87. The zero-order chi connectivity index (χ0) is 11.1. The van der Waals surface area contributed by atoms with E-state index in [0.29, 0.717) is 0 Å². The summed E-state index contributed by atoms with van der Waals surface area (Å²) in [7, 11) is 0. The number of epoxide rings is 1. The molecule has 14 heavy (non-hydrogen) atoms. The van der Waals surface area contributed by atoms with Crippen molar-refractivity contribution in [3.8, 4) is 0 Å². The maximum absolute atomic E-state index is 9.87. The van der Waals surface area contributed by atoms with Crippen LogP contribution in [-0.4, -0.2) is 46.6 Å². The predicted octanol–water partition coefficient (Wildman–Crippen LogP) is -0.521. The van der Waals surface area contributed by atoms with Crippen LogP contribution in [0.2, 0.25) is 0 Å². The van der Waals surface area contributed by atoms with Gasteiger partial charge in [0.25, 0.3) is 0 Å². The number of hydrogen-bond acceptors (Lipinski definition) is 4. The Balaban J connectivity index is 0.000000280. The van der Waals surface area contributed by atoms with E-state index in [-0.39, 0.29) is 18.3 Å². The van der Waals surface area contributed by atoms with Crippen LogP contribution in [0.1, 0.15) is 6.42 Å². The van der Waals surface area contributed by atoms with Crippen molar-refractivity contribution in [1.82, 2.24) is 0 Å². The number of rotatable bonds is 4. The fourth-order valence-corrected chi connectivity index (χ4v) is 0.432. The first-order valence-electron chi connectivity index (χ1n) is 3.82. The van der Waals surface area contributed by atoms with Crippen molar-refractivity contribution in [2.24, 2.45) is 0 Å². The van der Waals surface area contributed by atoms with E-state index in [9.17, 15) is 9.59 Å². The van der Waals surface area contributed by atoms with E-state index in [4.69, 9.17) is 15.3 Å². The van der Waals surface area contributed by atoms with Crippen LogP contribution in [-0.2, 0) is 14.3 Å². The second-order valence-electron chi connectivity index (χ2n) is 2.62. The Hall–Kier alpha value is -1.40. The lowest BCUT2D eigenvalue weighted by Gasteiger charge is -1.91. The lowest BCUT2D eigenvalue weighted by molar-refractivity contribution is -0.139. The van der Waals surface area contributed by atoms with Crippen LogP contribution >= 0.6 is 0 Å². The van der Waals surface area contributed by atoms with E-state index in [1.165, 1.54) is 0 Å². The smallest absolute Gasteiger partial charge is 0.331 e. The first kappa shape index (κ1) is 12.6. The minimum absolute atomic E-state index is 0.190. The van der Waals surface area contributed by atoms with Crippen molar-refractivity contribution in [2.45, 2.75) is 12.5 Å². The van der Waals surface area contributed by atoms with E-state index in [1.807, 2.05) is 0 Å². The third-order valence-corrected chi connectivity index (χ3v) is 1.27. The standard InChI is InChI=1S/C5H6O4.C3H6O2/c1-3(5(8)9)2-4(6)7;4-1-3-2-5-3/h1-2H2,(H,6,7)(H,8,9);3-4H,1-2H2. The van der Waals surface area contributed by atoms with Gasteiger partial charge in [0.1, 0.15) is 6.10 Å². The second kappa shape index (κ2) is 6.11. The topological polar surface area (TPSA) is 107 Å². The molecule has 6 nitrogen and oxygen atoms in total. The average molecular weight is 204 g/mol. The van der Waals surface area contributed by atoms with Crippen molar-refractivity contribution < 1.29 is 29.6 Å². The summed E-state index contributed by atoms with van der Waals surface area (Å²) in [5, 5.41) is 24.2. The molecule has 0 aromatic rings. The largest absolute Gasteiger partial charge is 0.481 e. The summed E-state index contributed by atoms with van der Waals surface area (Å²) in [5.74, 6) is -2.44. The molecule has 0 aromatic heterocycles. The number of aliphatic carboxylic acids is 2. The quantitative estimate of drug-likeness (QED) is 0.420. The molecule has 1 saturated heterocycles. The van der Waals surface area contributed by atoms with Gasteiger partial charge in [-0.05, 0) is 0 Å². The van der Waals surface area contributed by atoms with Crippen molar-refractivity contribution in [1.29, 1.82) is 0 Å². The number of carboxylic acid groups (broad SMARTS) is 2. The maximum Gasteiger partial charge on any atom is 0.331 e. The molecule has 1 aliphatic heterocycles. The van der Waals surface area contributed by atoms with Gasteiger partial charge < -0.3 is 20.1 Å². The fraction of sp³-hybridized carbons (Fsp3) is 0.500. The molecule has 1 atom stereocenters. The highest BCUT2D eigenvalue weighted by Gasteiger charge is 2.19. The van der Waals surface area contributed by atoms with E-state index < -0.39 is 18.4 Å². The number of carboxylic acids is 2. The molecule has 0 bridgehead atoms. The van der Waals surface area contributed by atoms with Gasteiger partial charge in [0.15, 0.2) is 0 Å². The van der Waals surface area contributed by atoms with E-state index >= 15 is 0 Å². The van der Waals surface area contributed by atoms with Crippen LogP contribution in [0.4, 0.5) is 0 Å². The predicted molar refractivity (Wildman–Crippen MR) is 45.9 cm³/mol. The zero-order valence-electron chi connectivity index (χ0n) is 7.47. The highest BCUT2D eigenvalue weighted by molar-refractivity contribution is 5.91. The van der Waals surface area contributed by atoms with Gasteiger partial charge >= 0.3 is 11.9 Å². The van der Waals surface area contributed by atoms with Crippen LogP contribution in [0.15, 0.2) is 12.2 Å². The van der Waals surface area contributed by atoms with Gasteiger partial charge in [-0.2, -0.15) is 0 Å². The molecule has 6 heteroatoms. The highest BCUT2D eigenvalue weighted by Crippen LogP contribution is 2.04. The Kier molecular flexibility index (Phi) is 5.50. The van der Waals surface area contributed by atoms with Crippen molar-refractivity contribution in [2.75, 3.05) is 13.2 Å². The van der Waals surface area contributed by atoms with Gasteiger partial charge in [0, 0.05) is 5.57 Å². The molecule has 1 unspecified atom stereocenters. The van der Waals surface area contributed by atoms with Crippen LogP contribution in [0.25, 0.3) is 0 Å². The minimum atomic E-state index is -1.27. The van der Waals surface area contributed by atoms with Crippen molar-refractivity contribution in [3.05, 3.63) is 12.2 Å². The average Bonchev–Trinajstić information content (AvgIpc) is 2.86. The molecule has 0 aromatic carbocycles. The summed E-state index contributed by atoms with van der Waals surface area (Å²) in [6.07, 6.45) is -0.315. The van der Waals surface area contributed by atoms with E-state index in [0.717, 1.165) is 6.61 Å². The Morgan fingerprint density at radius 2 is 1.93 bits per heavy atom. The van der Waals surface area contributed by atoms with Gasteiger partial charge in [0.2, 0.25) is 0 Å². The van der Waals surface area contributed by atoms with Gasteiger partial charge in [-0.1, -0.05) is 6.58 Å². The molecule has 1 heterocycles. The van der Waals surface area contributed by atoms with Crippen LogP contribution < -0.4 is 0 Å². The van der Waals surface area contributed by atoms with Crippen LogP contribution in [0.3, 0.4) is 0 Å². The van der Waals surface area contributed by atoms with Gasteiger partial charge in [0.05, 0.1) is 19.6 Å². The van der Waals surface area contributed by atoms with Crippen molar-refractivity contribution >= 4 is 11.9 Å². The Labute approximate surface area is 80.4 Å². The Bertz CT molecular complexity index is 230. The number of aliphatic hydroxyl groups excluding tert-OH is 1. The summed E-state index contributed by atoms with van der Waals surface area (Å²) in [5.41, 5.74) is -0.303. The third kappa shape index (κ3) is 7.26. The zero-order valence-corrected chi connectivity index (χ0v) is 7.47. The summed E-state index contributed by atoms with van der Waals surface area (Å²) in [6, 6.07) is 0. The molecular weight excluding hydrogens is 192 g/mol. The van der Waals surface area contributed by atoms with E-state index in [2.05, 4.69) is 11.3 Å². The molecule has 1 aliphatic rings. The second-order valence-corrected chi connectivity index (χ2v) is 2.62. The lowest BCUT2D eigenvalue weighted by Crippen LogP contribution is -2.04. The summed E-state index contributed by atoms with van der Waals surface area (Å²) >= 11 is 0. The number of ether oxygens (including phenoxy) is 1. The summed E-state index contributed by atoms with van der Waals surface area (Å²) in [6.45, 7) is 3.97. The molecule has 0 saturated carbocycles. The lowest BCUT2D eigenvalue weighted by atomic mass is 10.2. The molecule has 0 amide bonds. The van der Waals surface area contributed by atoms with Crippen LogP contribution in [0.5, 0.6) is 0 Å². The molecular formula is C8H12O6. The normalized spacial score (nSPS) is 17.6. The SMILES string of the molecule is C=C(CC(=O)O)C(=O)O.OCC1CO1. The monoisotopic (exact) mass is 204 g/mol. The highest BCUT2D eigenvalue weighted by atomic mass is 16.6. The first-order chi connectivity index (χ1) is 6.47. The van der Waals surface area contributed by atoms with Gasteiger partial charge in [-0.3, -0.25) is 4.79 Å². The third-order valence-electron chi connectivity index (χ3n) is 1.27. The number of carbonyl (C=O) groups is 2. The number of aliphatic hydroxyl groups is 1. The first-order valence-corrected chi connectivity index (χ1v) is 3.82.